The van der Waals surface area contributed by atoms with Gasteiger partial charge in [-0.2, -0.15) is 0 Å². The maximum Gasteiger partial charge on any atom is 0.412 e. The van der Waals surface area contributed by atoms with Crippen LogP contribution in [-0.4, -0.2) is 93.5 Å². The van der Waals surface area contributed by atoms with Crippen molar-refractivity contribution in [3.63, 3.8) is 0 Å². The van der Waals surface area contributed by atoms with E-state index in [2.05, 4.69) is 21.9 Å². The van der Waals surface area contributed by atoms with E-state index < -0.39 is 98.4 Å². The second kappa shape index (κ2) is 13.5. The van der Waals surface area contributed by atoms with Crippen molar-refractivity contribution in [2.75, 3.05) is 0 Å². The molecule has 52 heavy (non-hydrogen) atoms. The van der Waals surface area contributed by atoms with Crippen molar-refractivity contribution < 1.29 is 51.4 Å². The number of allylic oxidation sites excluding steroid dienone is 1. The van der Waals surface area contributed by atoms with Gasteiger partial charge in [0.05, 0.1) is 17.8 Å². The minimum absolute atomic E-state index is 0.00460. The summed E-state index contributed by atoms with van der Waals surface area (Å²) in [6, 6.07) is 0.289. The number of sulfonamides is 1. The van der Waals surface area contributed by atoms with Crippen molar-refractivity contribution in [2.45, 2.75) is 119 Å². The number of alkyl carbamates (subject to hydrolysis) is 1. The first-order valence-corrected chi connectivity index (χ1v) is 18.9. The molecule has 3 aliphatic heterocycles. The monoisotopic (exact) mass is 745 g/mol. The second-order valence-corrected chi connectivity index (χ2v) is 17.1. The second-order valence-electron chi connectivity index (χ2n) is 15.1. The smallest absolute Gasteiger partial charge is 0.412 e. The van der Waals surface area contributed by atoms with Gasteiger partial charge in [-0.25, -0.2) is 22.4 Å². The Morgan fingerprint density at radius 3 is 2.46 bits per heavy atom. The molecule has 17 heteroatoms. The third-order valence-corrected chi connectivity index (χ3v) is 11.9. The number of benzene rings is 1. The Hall–Kier alpha value is -4.51. The summed E-state index contributed by atoms with van der Waals surface area (Å²) >= 11 is 0. The van der Waals surface area contributed by atoms with Crippen LogP contribution in [-0.2, 0) is 47.0 Å². The van der Waals surface area contributed by atoms with E-state index in [0.717, 1.165) is 4.90 Å². The van der Waals surface area contributed by atoms with Crippen LogP contribution >= 0.6 is 0 Å². The Bertz CT molecular complexity index is 1830. The zero-order valence-electron chi connectivity index (χ0n) is 29.2. The summed E-state index contributed by atoms with van der Waals surface area (Å²) in [5.41, 5.74) is -1.76. The molecule has 6 atom stereocenters. The van der Waals surface area contributed by atoms with Crippen LogP contribution in [0, 0.1) is 11.7 Å². The molecule has 1 saturated heterocycles. The SMILES string of the molecule is C=C[C@@H]1C[C@]1(NC(=O)[C@@H]1CC(O)(OC(=O)N2Cc3cccc(F)c3C2)[C@@H]2CC/C=C/C[C@H](NC(=O)OC(C)(C)C)C(=O)N21)C(=O)NS(=O)(=O)C1CC1. The Morgan fingerprint density at radius 2 is 1.83 bits per heavy atom. The van der Waals surface area contributed by atoms with Crippen molar-refractivity contribution in [3.8, 4) is 0 Å². The third-order valence-electron chi connectivity index (χ3n) is 10.1. The number of halogens is 1. The number of hydrogen-bond donors (Lipinski definition) is 4. The van der Waals surface area contributed by atoms with Crippen molar-refractivity contribution in [1.82, 2.24) is 25.2 Å². The summed E-state index contributed by atoms with van der Waals surface area (Å²) in [7, 11) is -3.99. The van der Waals surface area contributed by atoms with Crippen molar-refractivity contribution in [2.24, 2.45) is 5.92 Å². The standard InChI is InChI=1S/C35H44FN5O10S/c1-5-21-16-34(21,30(44)39-52(48,49)22-14-15-22)38-28(42)26-17-35(47,51-32(46)40-18-20-10-9-11-24(36)23(20)19-40)27-13-8-6-7-12-25(29(43)41(26)27)37-31(45)50-33(2,3)4/h5-7,9-11,21-22,25-27,47H,1,8,12-19H2,2-4H3,(H,37,45)(H,38,42)(H,39,44)/b7-6+/t21-,25+,26+,27+,34-,35?/m1/s1. The molecule has 282 valence electrons. The molecule has 3 fully saturated rings. The largest absolute Gasteiger partial charge is 0.444 e. The minimum atomic E-state index is -3.99. The van der Waals surface area contributed by atoms with Crippen LogP contribution in [0.1, 0.15) is 76.8 Å². The zero-order valence-corrected chi connectivity index (χ0v) is 30.0. The molecule has 15 nitrogen and oxygen atoms in total. The highest BCUT2D eigenvalue weighted by Crippen LogP contribution is 2.46. The van der Waals surface area contributed by atoms with Crippen LogP contribution < -0.4 is 15.4 Å². The van der Waals surface area contributed by atoms with E-state index >= 15 is 0 Å². The molecule has 3 heterocycles. The number of hydrogen-bond acceptors (Lipinski definition) is 10. The normalized spacial score (nSPS) is 30.4. The lowest BCUT2D eigenvalue weighted by molar-refractivity contribution is -0.187. The van der Waals surface area contributed by atoms with Gasteiger partial charge in [-0.1, -0.05) is 30.4 Å². The number of fused-ring (bicyclic) bond motifs is 2. The van der Waals surface area contributed by atoms with Gasteiger partial charge < -0.3 is 30.1 Å². The van der Waals surface area contributed by atoms with Crippen molar-refractivity contribution >= 4 is 39.9 Å². The molecule has 2 aliphatic carbocycles. The molecule has 5 aliphatic rings. The fourth-order valence-corrected chi connectivity index (χ4v) is 8.51. The van der Waals surface area contributed by atoms with E-state index in [0.29, 0.717) is 24.0 Å². The number of carbonyl (C=O) groups is 5. The number of carbonyl (C=O) groups excluding carboxylic acids is 5. The number of nitrogens with one attached hydrogen (secondary N) is 3. The maximum atomic E-state index is 14.5. The van der Waals surface area contributed by atoms with Crippen LogP contribution in [0.25, 0.3) is 0 Å². The molecule has 0 radical (unpaired) electrons. The summed E-state index contributed by atoms with van der Waals surface area (Å²) in [5, 5.41) is 16.6. The van der Waals surface area contributed by atoms with E-state index in [1.807, 2.05) is 0 Å². The van der Waals surface area contributed by atoms with Crippen molar-refractivity contribution in [1.29, 1.82) is 0 Å². The van der Waals surface area contributed by atoms with E-state index in [4.69, 9.17) is 9.47 Å². The van der Waals surface area contributed by atoms with Crippen LogP contribution in [0.3, 0.4) is 0 Å². The number of nitrogens with zero attached hydrogens (tertiary/aromatic N) is 2. The predicted molar refractivity (Wildman–Crippen MR) is 182 cm³/mol. The van der Waals surface area contributed by atoms with E-state index in [1.165, 1.54) is 23.1 Å². The van der Waals surface area contributed by atoms with Gasteiger partial charge in [0.25, 0.3) is 5.91 Å². The Kier molecular flexibility index (Phi) is 9.65. The fraction of sp³-hybridized carbons (Fsp3) is 0.571. The van der Waals surface area contributed by atoms with Gasteiger partial charge >= 0.3 is 12.2 Å². The lowest BCUT2D eigenvalue weighted by atomic mass is 10.0. The molecule has 1 unspecified atom stereocenters. The highest BCUT2D eigenvalue weighted by Gasteiger charge is 2.64. The summed E-state index contributed by atoms with van der Waals surface area (Å²) in [6.45, 7) is 8.50. The van der Waals surface area contributed by atoms with Gasteiger partial charge in [0, 0.05) is 24.4 Å². The Morgan fingerprint density at radius 1 is 1.10 bits per heavy atom. The number of rotatable bonds is 8. The minimum Gasteiger partial charge on any atom is -0.444 e. The molecule has 6 rings (SSSR count). The molecule has 5 amide bonds. The molecular weight excluding hydrogens is 701 g/mol. The topological polar surface area (TPSA) is 201 Å². The van der Waals surface area contributed by atoms with Gasteiger partial charge in [-0.3, -0.25) is 24.0 Å². The van der Waals surface area contributed by atoms with Crippen molar-refractivity contribution in [3.05, 3.63) is 60.0 Å². The van der Waals surface area contributed by atoms with Gasteiger partial charge in [0.2, 0.25) is 27.6 Å². The highest BCUT2D eigenvalue weighted by atomic mass is 32.2. The third kappa shape index (κ3) is 7.38. The highest BCUT2D eigenvalue weighted by molar-refractivity contribution is 7.91. The lowest BCUT2D eigenvalue weighted by Crippen LogP contribution is -2.60. The van der Waals surface area contributed by atoms with Gasteiger partial charge in [-0.05, 0) is 70.9 Å². The summed E-state index contributed by atoms with van der Waals surface area (Å²) in [6.07, 6.45) is 3.36. The molecule has 1 aromatic carbocycles. The molecule has 2 saturated carbocycles. The van der Waals surface area contributed by atoms with Crippen LogP contribution in [0.15, 0.2) is 43.0 Å². The molecule has 1 aromatic rings. The molecule has 0 aromatic heterocycles. The van der Waals surface area contributed by atoms with E-state index in [-0.39, 0.29) is 38.8 Å². The maximum absolute atomic E-state index is 14.5. The lowest BCUT2D eigenvalue weighted by Gasteiger charge is -2.36. The first-order chi connectivity index (χ1) is 24.4. The Labute approximate surface area is 301 Å². The average Bonchev–Trinajstić information content (AvgIpc) is 3.95. The van der Waals surface area contributed by atoms with Crippen LogP contribution in [0.2, 0.25) is 0 Å². The predicted octanol–water partition coefficient (Wildman–Crippen LogP) is 2.24. The Balaban J connectivity index is 1.30. The van der Waals surface area contributed by atoms with Crippen LogP contribution in [0.5, 0.6) is 0 Å². The molecule has 0 spiro atoms. The fourth-order valence-electron chi connectivity index (χ4n) is 7.15. The first-order valence-electron chi connectivity index (χ1n) is 17.3. The number of aliphatic hydroxyl groups is 1. The number of ether oxygens (including phenoxy) is 2. The quantitative estimate of drug-likeness (QED) is 0.226. The van der Waals surface area contributed by atoms with Gasteiger partial charge in [-0.15, -0.1) is 6.58 Å². The van der Waals surface area contributed by atoms with Gasteiger partial charge in [0.15, 0.2) is 0 Å². The summed E-state index contributed by atoms with van der Waals surface area (Å²) in [5.74, 6) is -6.28. The molecular formula is C35H44FN5O10S. The number of amides is 5. The van der Waals surface area contributed by atoms with E-state index in [1.54, 1.807) is 39.0 Å². The average molecular weight is 746 g/mol. The summed E-state index contributed by atoms with van der Waals surface area (Å²) in [4.78, 5) is 70.9. The summed E-state index contributed by atoms with van der Waals surface area (Å²) < 4.78 is 53.0. The molecule has 0 bridgehead atoms. The van der Waals surface area contributed by atoms with Crippen LogP contribution in [0.4, 0.5) is 14.0 Å². The molecule has 4 N–H and O–H groups in total. The van der Waals surface area contributed by atoms with Gasteiger partial charge in [0.1, 0.15) is 29.0 Å². The first kappa shape index (κ1) is 37.3. The zero-order chi connectivity index (χ0) is 37.8. The van der Waals surface area contributed by atoms with E-state index in [9.17, 15) is 41.9 Å².